The van der Waals surface area contributed by atoms with E-state index in [1.54, 1.807) is 0 Å². The molecule has 0 radical (unpaired) electrons. The summed E-state index contributed by atoms with van der Waals surface area (Å²) >= 11 is 1.84. The van der Waals surface area contributed by atoms with Gasteiger partial charge in [0.2, 0.25) is 0 Å². The van der Waals surface area contributed by atoms with Crippen LogP contribution in [0.25, 0.3) is 0 Å². The molecule has 0 spiro atoms. The van der Waals surface area contributed by atoms with Gasteiger partial charge in [0.15, 0.2) is 0 Å². The van der Waals surface area contributed by atoms with Gasteiger partial charge in [-0.15, -0.1) is 11.3 Å². The van der Waals surface area contributed by atoms with Gasteiger partial charge in [0.1, 0.15) is 0 Å². The SMILES string of the molecule is COC1(CNC(C)Cc2cccs2)CCC1. The standard InChI is InChI=1S/C13H21NOS/c1-11(9-12-5-3-8-16-12)14-10-13(15-2)6-4-7-13/h3,5,8,11,14H,4,6-7,9-10H2,1-2H3. The van der Waals surface area contributed by atoms with Gasteiger partial charge < -0.3 is 10.1 Å². The summed E-state index contributed by atoms with van der Waals surface area (Å²) in [7, 11) is 1.84. The lowest BCUT2D eigenvalue weighted by molar-refractivity contribution is -0.0705. The molecule has 1 aliphatic rings. The van der Waals surface area contributed by atoms with Gasteiger partial charge in [-0.25, -0.2) is 0 Å². The lowest BCUT2D eigenvalue weighted by Gasteiger charge is -2.41. The van der Waals surface area contributed by atoms with Gasteiger partial charge in [-0.05, 0) is 44.1 Å². The quantitative estimate of drug-likeness (QED) is 0.824. The summed E-state index contributed by atoms with van der Waals surface area (Å²) in [5, 5.41) is 5.74. The van der Waals surface area contributed by atoms with E-state index in [9.17, 15) is 0 Å². The van der Waals surface area contributed by atoms with Crippen LogP contribution in [0.5, 0.6) is 0 Å². The van der Waals surface area contributed by atoms with E-state index in [2.05, 4.69) is 29.8 Å². The van der Waals surface area contributed by atoms with Crippen molar-refractivity contribution in [1.82, 2.24) is 5.32 Å². The second-order valence-corrected chi connectivity index (χ2v) is 5.84. The first-order chi connectivity index (χ1) is 7.74. The van der Waals surface area contributed by atoms with E-state index in [1.807, 2.05) is 18.4 Å². The average molecular weight is 239 g/mol. The van der Waals surface area contributed by atoms with Crippen molar-refractivity contribution >= 4 is 11.3 Å². The highest BCUT2D eigenvalue weighted by molar-refractivity contribution is 7.09. The van der Waals surface area contributed by atoms with Crippen LogP contribution in [0.1, 0.15) is 31.1 Å². The predicted octanol–water partition coefficient (Wildman–Crippen LogP) is 2.84. The lowest BCUT2D eigenvalue weighted by atomic mass is 9.80. The number of hydrogen-bond donors (Lipinski definition) is 1. The molecule has 1 aliphatic carbocycles. The van der Waals surface area contributed by atoms with Crippen molar-refractivity contribution in [3.05, 3.63) is 22.4 Å². The largest absolute Gasteiger partial charge is 0.377 e. The number of ether oxygens (including phenoxy) is 1. The minimum Gasteiger partial charge on any atom is -0.377 e. The third-order valence-corrected chi connectivity index (χ3v) is 4.46. The zero-order valence-electron chi connectivity index (χ0n) is 10.2. The minimum atomic E-state index is 0.143. The predicted molar refractivity (Wildman–Crippen MR) is 69.1 cm³/mol. The topological polar surface area (TPSA) is 21.3 Å². The Morgan fingerprint density at radius 2 is 2.38 bits per heavy atom. The van der Waals surface area contributed by atoms with Gasteiger partial charge in [0, 0.05) is 24.6 Å². The summed E-state index contributed by atoms with van der Waals surface area (Å²) in [5.74, 6) is 0. The van der Waals surface area contributed by atoms with Crippen LogP contribution in [0.2, 0.25) is 0 Å². The van der Waals surface area contributed by atoms with Crippen LogP contribution in [-0.4, -0.2) is 25.3 Å². The summed E-state index contributed by atoms with van der Waals surface area (Å²) in [4.78, 5) is 1.46. The van der Waals surface area contributed by atoms with Crippen LogP contribution >= 0.6 is 11.3 Å². The third-order valence-electron chi connectivity index (χ3n) is 3.56. The lowest BCUT2D eigenvalue weighted by Crippen LogP contribution is -2.50. The Hall–Kier alpha value is -0.380. The molecule has 1 aromatic rings. The number of thiophene rings is 1. The van der Waals surface area contributed by atoms with E-state index in [0.29, 0.717) is 6.04 Å². The molecule has 1 heterocycles. The molecule has 0 bridgehead atoms. The fourth-order valence-corrected chi connectivity index (χ4v) is 3.02. The Bertz CT molecular complexity index is 300. The maximum atomic E-state index is 5.60. The first-order valence-electron chi connectivity index (χ1n) is 6.05. The maximum Gasteiger partial charge on any atom is 0.0802 e. The van der Waals surface area contributed by atoms with Gasteiger partial charge in [0.25, 0.3) is 0 Å². The van der Waals surface area contributed by atoms with Crippen molar-refractivity contribution in [2.75, 3.05) is 13.7 Å². The van der Waals surface area contributed by atoms with Crippen LogP contribution in [0, 0.1) is 0 Å². The fraction of sp³-hybridized carbons (Fsp3) is 0.692. The maximum absolute atomic E-state index is 5.60. The highest BCUT2D eigenvalue weighted by Gasteiger charge is 2.36. The van der Waals surface area contributed by atoms with E-state index in [-0.39, 0.29) is 5.60 Å². The number of rotatable bonds is 6. The first kappa shape index (κ1) is 12.1. The second-order valence-electron chi connectivity index (χ2n) is 4.81. The van der Waals surface area contributed by atoms with Gasteiger partial charge >= 0.3 is 0 Å². The fourth-order valence-electron chi connectivity index (χ4n) is 2.19. The molecule has 1 aromatic heterocycles. The summed E-state index contributed by atoms with van der Waals surface area (Å²) in [6, 6.07) is 4.86. The third kappa shape index (κ3) is 2.84. The molecule has 0 aromatic carbocycles. The Morgan fingerprint density at radius 3 is 2.88 bits per heavy atom. The molecule has 0 saturated heterocycles. The van der Waals surface area contributed by atoms with Gasteiger partial charge in [0.05, 0.1) is 5.60 Å². The molecule has 90 valence electrons. The summed E-state index contributed by atoms with van der Waals surface area (Å²) < 4.78 is 5.60. The normalized spacial score (nSPS) is 20.4. The molecule has 2 rings (SSSR count). The summed E-state index contributed by atoms with van der Waals surface area (Å²) in [6.45, 7) is 3.25. The molecule has 0 amide bonds. The van der Waals surface area contributed by atoms with Crippen molar-refractivity contribution in [1.29, 1.82) is 0 Å². The Morgan fingerprint density at radius 1 is 1.56 bits per heavy atom. The van der Waals surface area contributed by atoms with Crippen LogP contribution in [0.3, 0.4) is 0 Å². The molecule has 1 fully saturated rings. The van der Waals surface area contributed by atoms with E-state index in [1.165, 1.54) is 24.1 Å². The Kier molecular flexibility index (Phi) is 4.00. The number of nitrogens with one attached hydrogen (secondary N) is 1. The Labute approximate surface area is 102 Å². The van der Waals surface area contributed by atoms with Crippen LogP contribution in [0.4, 0.5) is 0 Å². The van der Waals surface area contributed by atoms with E-state index >= 15 is 0 Å². The smallest absolute Gasteiger partial charge is 0.0802 e. The zero-order valence-corrected chi connectivity index (χ0v) is 11.0. The van der Waals surface area contributed by atoms with Crippen molar-refractivity contribution in [3.63, 3.8) is 0 Å². The summed E-state index contributed by atoms with van der Waals surface area (Å²) in [5.41, 5.74) is 0.143. The molecule has 1 saturated carbocycles. The molecule has 1 N–H and O–H groups in total. The molecule has 16 heavy (non-hydrogen) atoms. The highest BCUT2D eigenvalue weighted by Crippen LogP contribution is 2.34. The van der Waals surface area contributed by atoms with E-state index in [4.69, 9.17) is 4.74 Å². The van der Waals surface area contributed by atoms with E-state index in [0.717, 1.165) is 13.0 Å². The van der Waals surface area contributed by atoms with Crippen LogP contribution in [-0.2, 0) is 11.2 Å². The molecule has 1 unspecified atom stereocenters. The Balaban J connectivity index is 1.73. The summed E-state index contributed by atoms with van der Waals surface area (Å²) in [6.07, 6.45) is 4.86. The van der Waals surface area contributed by atoms with Crippen molar-refractivity contribution in [2.45, 2.75) is 44.2 Å². The minimum absolute atomic E-state index is 0.143. The van der Waals surface area contributed by atoms with Gasteiger partial charge in [-0.1, -0.05) is 6.07 Å². The number of hydrogen-bond acceptors (Lipinski definition) is 3. The molecular formula is C13H21NOS. The van der Waals surface area contributed by atoms with Crippen LogP contribution in [0.15, 0.2) is 17.5 Å². The molecule has 2 nitrogen and oxygen atoms in total. The molecule has 0 aliphatic heterocycles. The van der Waals surface area contributed by atoms with Crippen molar-refractivity contribution in [3.8, 4) is 0 Å². The number of methoxy groups -OCH3 is 1. The highest BCUT2D eigenvalue weighted by atomic mass is 32.1. The zero-order chi connectivity index (χ0) is 11.4. The van der Waals surface area contributed by atoms with Gasteiger partial charge in [-0.3, -0.25) is 0 Å². The van der Waals surface area contributed by atoms with Crippen LogP contribution < -0.4 is 5.32 Å². The van der Waals surface area contributed by atoms with Crippen molar-refractivity contribution < 1.29 is 4.74 Å². The van der Waals surface area contributed by atoms with Gasteiger partial charge in [-0.2, -0.15) is 0 Å². The van der Waals surface area contributed by atoms with E-state index < -0.39 is 0 Å². The first-order valence-corrected chi connectivity index (χ1v) is 6.93. The molecule has 3 heteroatoms. The second kappa shape index (κ2) is 5.30. The van der Waals surface area contributed by atoms with Crippen molar-refractivity contribution in [2.24, 2.45) is 0 Å². The average Bonchev–Trinajstić information content (AvgIpc) is 2.69. The molecular weight excluding hydrogens is 218 g/mol. The monoisotopic (exact) mass is 239 g/mol. The molecule has 1 atom stereocenters.